The van der Waals surface area contributed by atoms with Crippen LogP contribution in [0.15, 0.2) is 36.5 Å². The first-order chi connectivity index (χ1) is 8.50. The largest absolute Gasteiger partial charge is 0.477 e. The molecule has 0 aliphatic heterocycles. The van der Waals surface area contributed by atoms with Crippen molar-refractivity contribution in [3.05, 3.63) is 48.0 Å². The summed E-state index contributed by atoms with van der Waals surface area (Å²) < 4.78 is 14.6. The topological polar surface area (TPSA) is 42.2 Å². The Morgan fingerprint density at radius 1 is 1.22 bits per heavy atom. The van der Waals surface area contributed by atoms with Gasteiger partial charge in [-0.05, 0) is 37.6 Å². The molecule has 0 aliphatic carbocycles. The first-order valence-corrected chi connectivity index (χ1v) is 5.70. The van der Waals surface area contributed by atoms with Crippen LogP contribution in [0.2, 0.25) is 0 Å². The van der Waals surface area contributed by atoms with E-state index in [1.54, 1.807) is 29.0 Å². The van der Waals surface area contributed by atoms with Gasteiger partial charge in [0.25, 0.3) is 0 Å². The lowest BCUT2D eigenvalue weighted by molar-refractivity contribution is 0.0684. The van der Waals surface area contributed by atoms with Crippen LogP contribution in [0.5, 0.6) is 0 Å². The second-order valence-electron chi connectivity index (χ2n) is 4.39. The van der Waals surface area contributed by atoms with Crippen molar-refractivity contribution in [1.29, 1.82) is 0 Å². The molecule has 0 unspecified atom stereocenters. The van der Waals surface area contributed by atoms with Crippen molar-refractivity contribution in [3.63, 3.8) is 0 Å². The standard InChI is InChI=1S/C14H14FNO2/c1-9(2)16-8-7-12(13(16)14(17)18)10-3-5-11(15)6-4-10/h3-9H,1-2H3,(H,17,18). The van der Waals surface area contributed by atoms with E-state index in [9.17, 15) is 14.3 Å². The van der Waals surface area contributed by atoms with Crippen molar-refractivity contribution in [2.75, 3.05) is 0 Å². The van der Waals surface area contributed by atoms with E-state index < -0.39 is 5.97 Å². The summed E-state index contributed by atoms with van der Waals surface area (Å²) in [6.45, 7) is 3.84. The highest BCUT2D eigenvalue weighted by Gasteiger charge is 2.18. The van der Waals surface area contributed by atoms with Crippen LogP contribution in [-0.2, 0) is 0 Å². The number of carboxylic acid groups (broad SMARTS) is 1. The van der Waals surface area contributed by atoms with Crippen LogP contribution in [0.1, 0.15) is 30.4 Å². The van der Waals surface area contributed by atoms with Gasteiger partial charge in [0.05, 0.1) is 0 Å². The van der Waals surface area contributed by atoms with Gasteiger partial charge in [-0.15, -0.1) is 0 Å². The molecule has 94 valence electrons. The Morgan fingerprint density at radius 3 is 2.33 bits per heavy atom. The summed E-state index contributed by atoms with van der Waals surface area (Å²) >= 11 is 0. The number of nitrogens with zero attached hydrogens (tertiary/aromatic N) is 1. The van der Waals surface area contributed by atoms with Crippen LogP contribution >= 0.6 is 0 Å². The fourth-order valence-corrected chi connectivity index (χ4v) is 1.97. The molecular weight excluding hydrogens is 233 g/mol. The van der Waals surface area contributed by atoms with E-state index >= 15 is 0 Å². The molecule has 2 aromatic rings. The fraction of sp³-hybridized carbons (Fsp3) is 0.214. The maximum atomic E-state index is 12.9. The lowest BCUT2D eigenvalue weighted by atomic mass is 10.1. The first-order valence-electron chi connectivity index (χ1n) is 5.70. The maximum absolute atomic E-state index is 12.9. The normalized spacial score (nSPS) is 10.9. The Hall–Kier alpha value is -2.10. The third kappa shape index (κ3) is 2.14. The summed E-state index contributed by atoms with van der Waals surface area (Å²) in [4.78, 5) is 11.4. The molecule has 0 saturated heterocycles. The zero-order chi connectivity index (χ0) is 13.3. The average molecular weight is 247 g/mol. The molecule has 2 rings (SSSR count). The molecule has 1 aromatic heterocycles. The molecule has 0 saturated carbocycles. The fourth-order valence-electron chi connectivity index (χ4n) is 1.97. The molecule has 0 atom stereocenters. The lowest BCUT2D eigenvalue weighted by Crippen LogP contribution is -2.10. The second kappa shape index (κ2) is 4.64. The summed E-state index contributed by atoms with van der Waals surface area (Å²) in [5.41, 5.74) is 1.54. The Kier molecular flexibility index (Phi) is 3.19. The molecular formula is C14H14FNO2. The zero-order valence-electron chi connectivity index (χ0n) is 10.2. The van der Waals surface area contributed by atoms with Crippen molar-refractivity contribution >= 4 is 5.97 Å². The maximum Gasteiger partial charge on any atom is 0.353 e. The van der Waals surface area contributed by atoms with Gasteiger partial charge in [-0.25, -0.2) is 9.18 Å². The summed E-state index contributed by atoms with van der Waals surface area (Å²) in [6, 6.07) is 7.63. The molecule has 0 amide bonds. The Bertz CT molecular complexity index is 570. The molecule has 3 nitrogen and oxygen atoms in total. The zero-order valence-corrected chi connectivity index (χ0v) is 10.2. The van der Waals surface area contributed by atoms with Gasteiger partial charge in [-0.3, -0.25) is 0 Å². The minimum atomic E-state index is -0.979. The van der Waals surface area contributed by atoms with E-state index in [0.29, 0.717) is 11.1 Å². The summed E-state index contributed by atoms with van der Waals surface area (Å²) in [5, 5.41) is 9.31. The van der Waals surface area contributed by atoms with Gasteiger partial charge < -0.3 is 9.67 Å². The smallest absolute Gasteiger partial charge is 0.353 e. The number of rotatable bonds is 3. The molecule has 18 heavy (non-hydrogen) atoms. The summed E-state index contributed by atoms with van der Waals surface area (Å²) in [5.74, 6) is -1.31. The Morgan fingerprint density at radius 2 is 1.83 bits per heavy atom. The van der Waals surface area contributed by atoms with Crippen LogP contribution in [0.25, 0.3) is 11.1 Å². The number of aromatic nitrogens is 1. The second-order valence-corrected chi connectivity index (χ2v) is 4.39. The molecule has 0 aliphatic rings. The third-order valence-electron chi connectivity index (χ3n) is 2.83. The van der Waals surface area contributed by atoms with E-state index in [-0.39, 0.29) is 17.6 Å². The van der Waals surface area contributed by atoms with Crippen molar-refractivity contribution in [1.82, 2.24) is 4.57 Å². The molecule has 1 N–H and O–H groups in total. The Balaban J connectivity index is 2.58. The van der Waals surface area contributed by atoms with E-state index in [4.69, 9.17) is 0 Å². The van der Waals surface area contributed by atoms with Crippen molar-refractivity contribution < 1.29 is 14.3 Å². The first kappa shape index (κ1) is 12.4. The number of benzene rings is 1. The number of hydrogen-bond donors (Lipinski definition) is 1. The van der Waals surface area contributed by atoms with Gasteiger partial charge in [0, 0.05) is 17.8 Å². The highest BCUT2D eigenvalue weighted by molar-refractivity contribution is 5.94. The SMILES string of the molecule is CC(C)n1ccc(-c2ccc(F)cc2)c1C(=O)O. The number of halogens is 1. The number of carbonyl (C=O) groups is 1. The van der Waals surface area contributed by atoms with Crippen LogP contribution in [0.3, 0.4) is 0 Å². The molecule has 1 heterocycles. The number of carboxylic acids is 1. The highest BCUT2D eigenvalue weighted by atomic mass is 19.1. The quantitative estimate of drug-likeness (QED) is 0.900. The van der Waals surface area contributed by atoms with E-state index in [2.05, 4.69) is 0 Å². The summed E-state index contributed by atoms with van der Waals surface area (Å²) in [7, 11) is 0. The molecule has 0 fully saturated rings. The van der Waals surface area contributed by atoms with Crippen molar-refractivity contribution in [3.8, 4) is 11.1 Å². The monoisotopic (exact) mass is 247 g/mol. The molecule has 0 spiro atoms. The van der Waals surface area contributed by atoms with E-state index in [1.165, 1.54) is 12.1 Å². The predicted molar refractivity (Wildman–Crippen MR) is 67.2 cm³/mol. The van der Waals surface area contributed by atoms with Gasteiger partial charge in [-0.2, -0.15) is 0 Å². The average Bonchev–Trinajstić information content (AvgIpc) is 2.74. The van der Waals surface area contributed by atoms with Crippen LogP contribution in [-0.4, -0.2) is 15.6 Å². The predicted octanol–water partition coefficient (Wildman–Crippen LogP) is 3.57. The molecule has 0 bridgehead atoms. The van der Waals surface area contributed by atoms with Crippen LogP contribution in [0.4, 0.5) is 4.39 Å². The van der Waals surface area contributed by atoms with Gasteiger partial charge in [0.1, 0.15) is 11.5 Å². The summed E-state index contributed by atoms with van der Waals surface area (Å²) in [6.07, 6.45) is 1.74. The minimum Gasteiger partial charge on any atom is -0.477 e. The van der Waals surface area contributed by atoms with Crippen molar-refractivity contribution in [2.24, 2.45) is 0 Å². The minimum absolute atomic E-state index is 0.0605. The van der Waals surface area contributed by atoms with Crippen LogP contribution in [0, 0.1) is 5.82 Å². The van der Waals surface area contributed by atoms with E-state index in [1.807, 2.05) is 13.8 Å². The third-order valence-corrected chi connectivity index (χ3v) is 2.83. The molecule has 4 heteroatoms. The number of hydrogen-bond acceptors (Lipinski definition) is 1. The van der Waals surface area contributed by atoms with Gasteiger partial charge in [-0.1, -0.05) is 12.1 Å². The van der Waals surface area contributed by atoms with Gasteiger partial charge in [0.15, 0.2) is 0 Å². The Labute approximate surface area is 104 Å². The van der Waals surface area contributed by atoms with Gasteiger partial charge in [0.2, 0.25) is 0 Å². The molecule has 1 aromatic carbocycles. The van der Waals surface area contributed by atoms with Crippen LogP contribution < -0.4 is 0 Å². The molecule has 0 radical (unpaired) electrons. The van der Waals surface area contributed by atoms with E-state index in [0.717, 1.165) is 0 Å². The number of aromatic carboxylic acids is 1. The highest BCUT2D eigenvalue weighted by Crippen LogP contribution is 2.27. The van der Waals surface area contributed by atoms with Gasteiger partial charge >= 0.3 is 5.97 Å². The lowest BCUT2D eigenvalue weighted by Gasteiger charge is -2.11. The van der Waals surface area contributed by atoms with Crippen molar-refractivity contribution in [2.45, 2.75) is 19.9 Å².